The lowest BCUT2D eigenvalue weighted by Gasteiger charge is -2.35. The lowest BCUT2D eigenvalue weighted by Crippen LogP contribution is -2.49. The minimum atomic E-state index is -0.181. The normalized spacial score (nSPS) is 15.4. The van der Waals surface area contributed by atoms with E-state index in [1.807, 2.05) is 55.5 Å². The Kier molecular flexibility index (Phi) is 4.22. The van der Waals surface area contributed by atoms with Crippen molar-refractivity contribution in [1.29, 1.82) is 0 Å². The van der Waals surface area contributed by atoms with E-state index < -0.39 is 0 Å². The van der Waals surface area contributed by atoms with E-state index in [2.05, 4.69) is 10.2 Å². The third kappa shape index (κ3) is 3.53. The van der Waals surface area contributed by atoms with Crippen LogP contribution in [0.5, 0.6) is 0 Å². The highest BCUT2D eigenvalue weighted by Crippen LogP contribution is 2.15. The maximum Gasteiger partial charge on any atom is 0.255 e. The number of nitrogens with zero attached hydrogens (tertiary/aromatic N) is 1. The van der Waals surface area contributed by atoms with Crippen LogP contribution in [0.15, 0.2) is 48.5 Å². The average Bonchev–Trinajstić information content (AvgIpc) is 2.46. The number of rotatable bonds is 4. The van der Waals surface area contributed by atoms with Gasteiger partial charge in [-0.05, 0) is 42.3 Å². The number of aryl methyl sites for hydroxylation is 1. The van der Waals surface area contributed by atoms with Crippen molar-refractivity contribution in [3.63, 3.8) is 0 Å². The average molecular weight is 296 g/mol. The molecule has 0 unspecified atom stereocenters. The molecule has 0 aliphatic carbocycles. The van der Waals surface area contributed by atoms with E-state index >= 15 is 0 Å². The molecule has 3 rings (SSSR count). The molecule has 2 N–H and O–H groups in total. The van der Waals surface area contributed by atoms with Crippen molar-refractivity contribution >= 4 is 11.6 Å². The molecule has 114 valence electrons. The van der Waals surface area contributed by atoms with Gasteiger partial charge in [-0.2, -0.15) is 0 Å². The molecule has 0 bridgehead atoms. The standard InChI is InChI=1S/C18H20N2O2/c1-13-3-2-4-16(9-13)19-18(22)15-7-5-14(6-8-15)10-20-11-17(21)12-20/h2-9,17,21H,10-12H2,1H3,(H,19,22). The molecule has 0 radical (unpaired) electrons. The summed E-state index contributed by atoms with van der Waals surface area (Å²) in [5.74, 6) is -0.100. The van der Waals surface area contributed by atoms with Crippen molar-refractivity contribution < 1.29 is 9.90 Å². The molecule has 4 nitrogen and oxygen atoms in total. The first kappa shape index (κ1) is 14.8. The van der Waals surface area contributed by atoms with Crippen LogP contribution in [-0.2, 0) is 6.54 Å². The van der Waals surface area contributed by atoms with E-state index in [0.717, 1.165) is 36.4 Å². The zero-order chi connectivity index (χ0) is 15.5. The maximum atomic E-state index is 12.2. The number of anilines is 1. The number of hydrogen-bond acceptors (Lipinski definition) is 3. The Balaban J connectivity index is 1.61. The topological polar surface area (TPSA) is 52.6 Å². The van der Waals surface area contributed by atoms with Gasteiger partial charge in [0.05, 0.1) is 6.10 Å². The Hall–Kier alpha value is -2.17. The number of nitrogens with one attached hydrogen (secondary N) is 1. The number of carbonyl (C=O) groups excluding carboxylic acids is 1. The second kappa shape index (κ2) is 6.30. The molecule has 22 heavy (non-hydrogen) atoms. The first-order chi connectivity index (χ1) is 10.6. The SMILES string of the molecule is Cc1cccc(NC(=O)c2ccc(CN3CC(O)C3)cc2)c1. The van der Waals surface area contributed by atoms with Gasteiger partial charge in [0.15, 0.2) is 0 Å². The number of benzene rings is 2. The van der Waals surface area contributed by atoms with Crippen LogP contribution in [0.3, 0.4) is 0 Å². The summed E-state index contributed by atoms with van der Waals surface area (Å²) in [5.41, 5.74) is 3.72. The highest BCUT2D eigenvalue weighted by atomic mass is 16.3. The van der Waals surface area contributed by atoms with Crippen molar-refractivity contribution in [1.82, 2.24) is 4.90 Å². The van der Waals surface area contributed by atoms with E-state index in [1.165, 1.54) is 0 Å². The van der Waals surface area contributed by atoms with Gasteiger partial charge in [0.1, 0.15) is 0 Å². The van der Waals surface area contributed by atoms with Crippen LogP contribution in [-0.4, -0.2) is 35.1 Å². The molecule has 0 aromatic heterocycles. The van der Waals surface area contributed by atoms with Gasteiger partial charge in [0.2, 0.25) is 0 Å². The Labute approximate surface area is 130 Å². The number of aliphatic hydroxyl groups is 1. The van der Waals surface area contributed by atoms with Crippen LogP contribution in [0.25, 0.3) is 0 Å². The monoisotopic (exact) mass is 296 g/mol. The number of likely N-dealkylation sites (tertiary alicyclic amines) is 1. The Morgan fingerprint density at radius 2 is 1.95 bits per heavy atom. The first-order valence-electron chi connectivity index (χ1n) is 7.47. The molecule has 2 aromatic carbocycles. The molecule has 0 spiro atoms. The molecule has 1 aliphatic rings. The lowest BCUT2D eigenvalue weighted by molar-refractivity contribution is -0.00286. The number of amides is 1. The van der Waals surface area contributed by atoms with E-state index in [0.29, 0.717) is 5.56 Å². The number of aliphatic hydroxyl groups excluding tert-OH is 1. The Morgan fingerprint density at radius 3 is 2.59 bits per heavy atom. The van der Waals surface area contributed by atoms with Crippen molar-refractivity contribution in [3.8, 4) is 0 Å². The Bertz CT molecular complexity index is 661. The highest BCUT2D eigenvalue weighted by Gasteiger charge is 2.23. The summed E-state index contributed by atoms with van der Waals surface area (Å²) in [7, 11) is 0. The lowest BCUT2D eigenvalue weighted by atomic mass is 10.1. The van der Waals surface area contributed by atoms with Gasteiger partial charge < -0.3 is 10.4 Å². The van der Waals surface area contributed by atoms with Crippen LogP contribution in [0.1, 0.15) is 21.5 Å². The second-order valence-corrected chi connectivity index (χ2v) is 5.87. The number of β-amino-alcohol motifs (C(OH)–C–C–N with tert-alkyl or cyclic N) is 1. The van der Waals surface area contributed by atoms with E-state index in [1.54, 1.807) is 0 Å². The summed E-state index contributed by atoms with van der Waals surface area (Å²) in [5, 5.41) is 12.2. The molecule has 0 atom stereocenters. The fraction of sp³-hybridized carbons (Fsp3) is 0.278. The van der Waals surface area contributed by atoms with Crippen LogP contribution in [0.2, 0.25) is 0 Å². The predicted molar refractivity (Wildman–Crippen MR) is 86.9 cm³/mol. The van der Waals surface area contributed by atoms with Gasteiger partial charge >= 0.3 is 0 Å². The largest absolute Gasteiger partial charge is 0.390 e. The highest BCUT2D eigenvalue weighted by molar-refractivity contribution is 6.04. The second-order valence-electron chi connectivity index (χ2n) is 5.87. The van der Waals surface area contributed by atoms with Gasteiger partial charge in [-0.3, -0.25) is 9.69 Å². The molecule has 2 aromatic rings. The minimum absolute atomic E-state index is 0.100. The van der Waals surface area contributed by atoms with Gasteiger partial charge in [0, 0.05) is 30.9 Å². The first-order valence-corrected chi connectivity index (χ1v) is 7.47. The van der Waals surface area contributed by atoms with Crippen LogP contribution in [0, 0.1) is 6.92 Å². The molecule has 0 saturated carbocycles. The maximum absolute atomic E-state index is 12.2. The molecule has 1 fully saturated rings. The molecule has 1 saturated heterocycles. The van der Waals surface area contributed by atoms with Crippen molar-refractivity contribution in [2.45, 2.75) is 19.6 Å². The summed E-state index contributed by atoms with van der Waals surface area (Å²) >= 11 is 0. The predicted octanol–water partition coefficient (Wildman–Crippen LogP) is 2.42. The van der Waals surface area contributed by atoms with E-state index in [9.17, 15) is 9.90 Å². The number of carbonyl (C=O) groups is 1. The smallest absolute Gasteiger partial charge is 0.255 e. The summed E-state index contributed by atoms with van der Waals surface area (Å²) < 4.78 is 0. The number of hydrogen-bond donors (Lipinski definition) is 2. The van der Waals surface area contributed by atoms with Crippen LogP contribution in [0.4, 0.5) is 5.69 Å². The molecule has 1 aliphatic heterocycles. The molecule has 1 heterocycles. The van der Waals surface area contributed by atoms with Crippen molar-refractivity contribution in [2.24, 2.45) is 0 Å². The third-order valence-electron chi connectivity index (χ3n) is 3.84. The van der Waals surface area contributed by atoms with Gasteiger partial charge in [0.25, 0.3) is 5.91 Å². The zero-order valence-corrected chi connectivity index (χ0v) is 12.6. The summed E-state index contributed by atoms with van der Waals surface area (Å²) in [6.45, 7) is 4.28. The molecular formula is C18H20N2O2. The Morgan fingerprint density at radius 1 is 1.23 bits per heavy atom. The van der Waals surface area contributed by atoms with E-state index in [-0.39, 0.29) is 12.0 Å². The molecular weight excluding hydrogens is 276 g/mol. The van der Waals surface area contributed by atoms with Gasteiger partial charge in [-0.15, -0.1) is 0 Å². The molecule has 1 amide bonds. The fourth-order valence-electron chi connectivity index (χ4n) is 2.62. The summed E-state index contributed by atoms with van der Waals surface area (Å²) in [6, 6.07) is 15.4. The minimum Gasteiger partial charge on any atom is -0.390 e. The third-order valence-corrected chi connectivity index (χ3v) is 3.84. The van der Waals surface area contributed by atoms with Crippen molar-refractivity contribution in [2.75, 3.05) is 18.4 Å². The zero-order valence-electron chi connectivity index (χ0n) is 12.6. The molecule has 4 heteroatoms. The van der Waals surface area contributed by atoms with Crippen LogP contribution >= 0.6 is 0 Å². The van der Waals surface area contributed by atoms with Crippen LogP contribution < -0.4 is 5.32 Å². The van der Waals surface area contributed by atoms with E-state index in [4.69, 9.17) is 0 Å². The van der Waals surface area contributed by atoms with Crippen molar-refractivity contribution in [3.05, 3.63) is 65.2 Å². The van der Waals surface area contributed by atoms with Gasteiger partial charge in [-0.1, -0.05) is 24.3 Å². The summed E-state index contributed by atoms with van der Waals surface area (Å²) in [6.07, 6.45) is -0.181. The quantitative estimate of drug-likeness (QED) is 0.911. The van der Waals surface area contributed by atoms with Gasteiger partial charge in [-0.25, -0.2) is 0 Å². The summed E-state index contributed by atoms with van der Waals surface area (Å²) in [4.78, 5) is 14.4. The fourth-order valence-corrected chi connectivity index (χ4v) is 2.62.